The van der Waals surface area contributed by atoms with Gasteiger partial charge in [0.25, 0.3) is 0 Å². The van der Waals surface area contributed by atoms with E-state index in [-0.39, 0.29) is 5.91 Å². The molecule has 1 rings (SSSR count). The highest BCUT2D eigenvalue weighted by Crippen LogP contribution is 2.10. The van der Waals surface area contributed by atoms with E-state index in [9.17, 15) is 4.79 Å². The molecular formula is C16H17ClN2OS. The van der Waals surface area contributed by atoms with Crippen LogP contribution in [0.3, 0.4) is 0 Å². The topological polar surface area (TPSA) is 32.3 Å². The molecule has 5 heteroatoms. The van der Waals surface area contributed by atoms with Gasteiger partial charge in [-0.15, -0.1) is 13.2 Å². The molecule has 0 fully saturated rings. The summed E-state index contributed by atoms with van der Waals surface area (Å²) in [6.45, 7) is 8.40. The van der Waals surface area contributed by atoms with Crippen LogP contribution < -0.4 is 5.32 Å². The second-order valence-corrected chi connectivity index (χ2v) is 4.98. The number of halogens is 1. The molecule has 0 aliphatic carbocycles. The Hall–Kier alpha value is -1.91. The molecule has 0 aliphatic heterocycles. The molecule has 1 aromatic carbocycles. The zero-order chi connectivity index (χ0) is 15.7. The Morgan fingerprint density at radius 2 is 1.81 bits per heavy atom. The summed E-state index contributed by atoms with van der Waals surface area (Å²) in [5.74, 6) is -0.284. The van der Waals surface area contributed by atoms with E-state index >= 15 is 0 Å². The van der Waals surface area contributed by atoms with E-state index in [1.807, 2.05) is 12.1 Å². The van der Waals surface area contributed by atoms with Gasteiger partial charge >= 0.3 is 0 Å². The van der Waals surface area contributed by atoms with Crippen LogP contribution in [0.1, 0.15) is 5.56 Å². The average molecular weight is 321 g/mol. The zero-order valence-corrected chi connectivity index (χ0v) is 13.2. The summed E-state index contributed by atoms with van der Waals surface area (Å²) in [6, 6.07) is 7.18. The van der Waals surface area contributed by atoms with E-state index in [4.69, 9.17) is 23.8 Å². The van der Waals surface area contributed by atoms with Gasteiger partial charge in [-0.25, -0.2) is 0 Å². The first-order chi connectivity index (χ1) is 10.1. The minimum Gasteiger partial charge on any atom is -0.342 e. The number of carbonyl (C=O) groups excluding carboxylic acids is 1. The third-order valence-electron chi connectivity index (χ3n) is 2.51. The van der Waals surface area contributed by atoms with Gasteiger partial charge in [-0.1, -0.05) is 35.9 Å². The number of hydrogen-bond donors (Lipinski definition) is 1. The van der Waals surface area contributed by atoms with Gasteiger partial charge in [0.05, 0.1) is 0 Å². The fourth-order valence-electron chi connectivity index (χ4n) is 1.52. The molecule has 1 amide bonds. The van der Waals surface area contributed by atoms with Crippen molar-refractivity contribution in [2.45, 2.75) is 0 Å². The van der Waals surface area contributed by atoms with Crippen molar-refractivity contribution in [1.29, 1.82) is 0 Å². The number of hydrogen-bond acceptors (Lipinski definition) is 2. The number of nitrogens with zero attached hydrogens (tertiary/aromatic N) is 1. The molecule has 3 nitrogen and oxygen atoms in total. The monoisotopic (exact) mass is 320 g/mol. The molecule has 110 valence electrons. The fraction of sp³-hybridized carbons (Fsp3) is 0.125. The summed E-state index contributed by atoms with van der Waals surface area (Å²) in [5, 5.41) is 3.64. The molecule has 0 aliphatic rings. The van der Waals surface area contributed by atoms with Crippen LogP contribution in [-0.2, 0) is 4.79 Å². The molecule has 0 unspecified atom stereocenters. The number of rotatable bonds is 6. The van der Waals surface area contributed by atoms with E-state index in [1.54, 1.807) is 35.3 Å². The second-order valence-electron chi connectivity index (χ2n) is 4.16. The lowest BCUT2D eigenvalue weighted by molar-refractivity contribution is -0.115. The van der Waals surface area contributed by atoms with E-state index in [2.05, 4.69) is 18.5 Å². The predicted molar refractivity (Wildman–Crippen MR) is 93.2 cm³/mol. The maximum absolute atomic E-state index is 11.8. The Morgan fingerprint density at radius 1 is 1.24 bits per heavy atom. The summed E-state index contributed by atoms with van der Waals surface area (Å²) in [5.41, 5.74) is 0.884. The van der Waals surface area contributed by atoms with Gasteiger partial charge in [0, 0.05) is 24.2 Å². The molecule has 21 heavy (non-hydrogen) atoms. The lowest BCUT2D eigenvalue weighted by atomic mass is 10.2. The van der Waals surface area contributed by atoms with Crippen LogP contribution in [0.25, 0.3) is 6.08 Å². The Bertz CT molecular complexity index is 542. The first-order valence-electron chi connectivity index (χ1n) is 6.32. The first kappa shape index (κ1) is 17.1. The van der Waals surface area contributed by atoms with E-state index in [0.717, 1.165) is 5.56 Å². The minimum atomic E-state index is -0.284. The van der Waals surface area contributed by atoms with Crippen molar-refractivity contribution in [2.24, 2.45) is 0 Å². The van der Waals surface area contributed by atoms with Crippen molar-refractivity contribution >= 4 is 40.9 Å². The lowest BCUT2D eigenvalue weighted by Crippen LogP contribution is -2.42. The molecule has 0 saturated carbocycles. The van der Waals surface area contributed by atoms with Crippen molar-refractivity contribution in [2.75, 3.05) is 13.1 Å². The smallest absolute Gasteiger partial charge is 0.250 e. The van der Waals surface area contributed by atoms with Gasteiger partial charge in [0.15, 0.2) is 5.11 Å². The third-order valence-corrected chi connectivity index (χ3v) is 3.13. The van der Waals surface area contributed by atoms with Crippen LogP contribution >= 0.6 is 23.8 Å². The maximum atomic E-state index is 11.8. The third kappa shape index (κ3) is 6.38. The van der Waals surface area contributed by atoms with Gasteiger partial charge in [-0.05, 0) is 36.0 Å². The molecule has 0 radical (unpaired) electrons. The van der Waals surface area contributed by atoms with Crippen LogP contribution in [0.5, 0.6) is 0 Å². The number of nitrogens with one attached hydrogen (secondary N) is 1. The van der Waals surface area contributed by atoms with Gasteiger partial charge in [0.2, 0.25) is 5.91 Å². The number of carbonyl (C=O) groups is 1. The van der Waals surface area contributed by atoms with Crippen LogP contribution in [0.4, 0.5) is 0 Å². The molecule has 0 bridgehead atoms. The molecule has 0 spiro atoms. The van der Waals surface area contributed by atoms with E-state index in [1.165, 1.54) is 6.08 Å². The Kier molecular flexibility index (Phi) is 7.43. The fourth-order valence-corrected chi connectivity index (χ4v) is 1.90. The van der Waals surface area contributed by atoms with Crippen molar-refractivity contribution in [3.63, 3.8) is 0 Å². The van der Waals surface area contributed by atoms with E-state index < -0.39 is 0 Å². The highest BCUT2D eigenvalue weighted by Gasteiger charge is 2.08. The van der Waals surface area contributed by atoms with Gasteiger partial charge in [0.1, 0.15) is 0 Å². The van der Waals surface area contributed by atoms with Crippen LogP contribution in [0.15, 0.2) is 55.7 Å². The molecular weight excluding hydrogens is 304 g/mol. The second kappa shape index (κ2) is 9.10. The van der Waals surface area contributed by atoms with Gasteiger partial charge < -0.3 is 4.90 Å². The Labute approximate surface area is 135 Å². The standard InChI is InChI=1S/C16H17ClN2OS/c1-3-11-19(12-4-2)16(21)18-15(20)10-7-13-5-8-14(17)9-6-13/h3-10H,1-2,11-12H2,(H,18,20,21)/b10-7+. The average Bonchev–Trinajstić information content (AvgIpc) is 2.46. The lowest BCUT2D eigenvalue weighted by Gasteiger charge is -2.21. The van der Waals surface area contributed by atoms with Crippen molar-refractivity contribution in [1.82, 2.24) is 10.2 Å². The normalized spacial score (nSPS) is 10.1. The summed E-state index contributed by atoms with van der Waals surface area (Å²) in [6.07, 6.45) is 6.55. The number of amides is 1. The van der Waals surface area contributed by atoms with Crippen molar-refractivity contribution in [3.05, 3.63) is 66.2 Å². The van der Waals surface area contributed by atoms with Crippen LogP contribution in [-0.4, -0.2) is 29.0 Å². The minimum absolute atomic E-state index is 0.284. The summed E-state index contributed by atoms with van der Waals surface area (Å²) in [4.78, 5) is 13.6. The highest BCUT2D eigenvalue weighted by atomic mass is 35.5. The summed E-state index contributed by atoms with van der Waals surface area (Å²) < 4.78 is 0. The summed E-state index contributed by atoms with van der Waals surface area (Å²) in [7, 11) is 0. The molecule has 0 saturated heterocycles. The van der Waals surface area contributed by atoms with Gasteiger partial charge in [-0.3, -0.25) is 10.1 Å². The SMILES string of the molecule is C=CCN(CC=C)C(=S)NC(=O)/C=C/c1ccc(Cl)cc1. The van der Waals surface area contributed by atoms with Crippen molar-refractivity contribution < 1.29 is 4.79 Å². The molecule has 0 atom stereocenters. The number of thiocarbonyl (C=S) groups is 1. The molecule has 0 heterocycles. The largest absolute Gasteiger partial charge is 0.342 e. The quantitative estimate of drug-likeness (QED) is 0.495. The highest BCUT2D eigenvalue weighted by molar-refractivity contribution is 7.80. The Balaban J connectivity index is 2.59. The first-order valence-corrected chi connectivity index (χ1v) is 7.10. The zero-order valence-electron chi connectivity index (χ0n) is 11.6. The molecule has 1 N–H and O–H groups in total. The predicted octanol–water partition coefficient (Wildman–Crippen LogP) is 3.43. The van der Waals surface area contributed by atoms with Crippen LogP contribution in [0, 0.1) is 0 Å². The molecule has 1 aromatic rings. The maximum Gasteiger partial charge on any atom is 0.250 e. The molecule has 0 aromatic heterocycles. The van der Waals surface area contributed by atoms with E-state index in [0.29, 0.717) is 23.2 Å². The Morgan fingerprint density at radius 3 is 2.33 bits per heavy atom. The van der Waals surface area contributed by atoms with Gasteiger partial charge in [-0.2, -0.15) is 0 Å². The summed E-state index contributed by atoms with van der Waals surface area (Å²) >= 11 is 11.0. The number of benzene rings is 1. The van der Waals surface area contributed by atoms with Crippen molar-refractivity contribution in [3.8, 4) is 0 Å². The van der Waals surface area contributed by atoms with Crippen LogP contribution in [0.2, 0.25) is 5.02 Å².